The van der Waals surface area contributed by atoms with Crippen molar-refractivity contribution in [1.29, 1.82) is 5.26 Å². The lowest BCUT2D eigenvalue weighted by molar-refractivity contribution is 0.0593. The molecule has 6 heteroatoms. The maximum Gasteiger partial charge on any atom is 0.357 e. The van der Waals surface area contributed by atoms with E-state index in [1.54, 1.807) is 31.2 Å². The van der Waals surface area contributed by atoms with Gasteiger partial charge in [0.05, 0.1) is 24.5 Å². The molecule has 21 heavy (non-hydrogen) atoms. The Bertz CT molecular complexity index is 726. The molecule has 3 N–H and O–H groups in total. The molecule has 0 bridgehead atoms. The van der Waals surface area contributed by atoms with Gasteiger partial charge in [-0.05, 0) is 24.6 Å². The number of aromatic nitrogens is 1. The Kier molecular flexibility index (Phi) is 3.96. The van der Waals surface area contributed by atoms with Gasteiger partial charge in [-0.3, -0.25) is 0 Å². The lowest BCUT2D eigenvalue weighted by Crippen LogP contribution is -2.11. The molecule has 2 aromatic rings. The van der Waals surface area contributed by atoms with E-state index in [1.807, 2.05) is 6.07 Å². The number of carbonyl (C=O) groups excluding carboxylic acids is 1. The number of hydrogen-bond donors (Lipinski definition) is 2. The number of methoxy groups -OCH3 is 1. The average Bonchev–Trinajstić information content (AvgIpc) is 2.83. The molecule has 1 heterocycles. The molecule has 1 unspecified atom stereocenters. The highest BCUT2D eigenvalue weighted by atomic mass is 16.5. The highest BCUT2D eigenvalue weighted by molar-refractivity contribution is 5.95. The van der Waals surface area contributed by atoms with Crippen molar-refractivity contribution in [2.75, 3.05) is 12.8 Å². The predicted molar refractivity (Wildman–Crippen MR) is 76.9 cm³/mol. The Balaban J connectivity index is 2.66. The van der Waals surface area contributed by atoms with E-state index >= 15 is 0 Å². The van der Waals surface area contributed by atoms with Crippen molar-refractivity contribution >= 4 is 11.7 Å². The SMILES string of the molecule is COC(=O)c1c(N)c(C#N)cn1-c1cccc(C(C)O)c1. The number of rotatable bonds is 3. The molecule has 0 aliphatic rings. The van der Waals surface area contributed by atoms with E-state index in [0.717, 1.165) is 0 Å². The topological polar surface area (TPSA) is 101 Å². The van der Waals surface area contributed by atoms with Gasteiger partial charge in [0.1, 0.15) is 6.07 Å². The minimum atomic E-state index is -0.644. The van der Waals surface area contributed by atoms with E-state index in [9.17, 15) is 9.90 Å². The van der Waals surface area contributed by atoms with Crippen LogP contribution < -0.4 is 5.73 Å². The number of nitrogen functional groups attached to an aromatic ring is 1. The molecule has 1 atom stereocenters. The molecule has 0 fully saturated rings. The third kappa shape index (κ3) is 2.59. The molecule has 0 radical (unpaired) electrons. The number of ether oxygens (including phenoxy) is 1. The van der Waals surface area contributed by atoms with Crippen molar-refractivity contribution in [3.05, 3.63) is 47.3 Å². The molecule has 108 valence electrons. The van der Waals surface area contributed by atoms with Crippen LogP contribution in [0.15, 0.2) is 30.5 Å². The second-order valence-electron chi connectivity index (χ2n) is 4.55. The predicted octanol–water partition coefficient (Wildman–Crippen LogP) is 1.77. The van der Waals surface area contributed by atoms with Gasteiger partial charge < -0.3 is 20.1 Å². The molecule has 6 nitrogen and oxygen atoms in total. The Morgan fingerprint density at radius 3 is 2.81 bits per heavy atom. The minimum Gasteiger partial charge on any atom is -0.464 e. The number of carbonyl (C=O) groups is 1. The highest BCUT2D eigenvalue weighted by Crippen LogP contribution is 2.26. The summed E-state index contributed by atoms with van der Waals surface area (Å²) in [4.78, 5) is 11.9. The normalized spacial score (nSPS) is 11.7. The molecular weight excluding hydrogens is 270 g/mol. The van der Waals surface area contributed by atoms with Crippen molar-refractivity contribution < 1.29 is 14.6 Å². The van der Waals surface area contributed by atoms with E-state index in [2.05, 4.69) is 0 Å². The van der Waals surface area contributed by atoms with Gasteiger partial charge in [-0.1, -0.05) is 12.1 Å². The fraction of sp³-hybridized carbons (Fsp3) is 0.200. The number of nitrogens with two attached hydrogens (primary N) is 1. The van der Waals surface area contributed by atoms with Gasteiger partial charge in [-0.25, -0.2) is 4.79 Å². The van der Waals surface area contributed by atoms with Crippen molar-refractivity contribution in [3.8, 4) is 11.8 Å². The Morgan fingerprint density at radius 2 is 2.24 bits per heavy atom. The Morgan fingerprint density at radius 1 is 1.52 bits per heavy atom. The van der Waals surface area contributed by atoms with Gasteiger partial charge in [0.2, 0.25) is 0 Å². The van der Waals surface area contributed by atoms with Gasteiger partial charge in [0.25, 0.3) is 0 Å². The number of aliphatic hydroxyl groups excluding tert-OH is 1. The number of anilines is 1. The van der Waals surface area contributed by atoms with Crippen molar-refractivity contribution in [3.63, 3.8) is 0 Å². The van der Waals surface area contributed by atoms with Crippen LogP contribution in [0.2, 0.25) is 0 Å². The monoisotopic (exact) mass is 285 g/mol. The molecule has 1 aromatic carbocycles. The van der Waals surface area contributed by atoms with E-state index in [0.29, 0.717) is 11.3 Å². The fourth-order valence-electron chi connectivity index (χ4n) is 2.05. The van der Waals surface area contributed by atoms with Crippen molar-refractivity contribution in [2.24, 2.45) is 0 Å². The largest absolute Gasteiger partial charge is 0.464 e. The number of esters is 1. The zero-order valence-electron chi connectivity index (χ0n) is 11.7. The van der Waals surface area contributed by atoms with Crippen LogP contribution in [0.4, 0.5) is 5.69 Å². The van der Waals surface area contributed by atoms with Crippen LogP contribution in [-0.2, 0) is 4.74 Å². The van der Waals surface area contributed by atoms with E-state index in [-0.39, 0.29) is 16.9 Å². The summed E-state index contributed by atoms with van der Waals surface area (Å²) in [6.45, 7) is 1.64. The van der Waals surface area contributed by atoms with Crippen LogP contribution in [0, 0.1) is 11.3 Å². The summed E-state index contributed by atoms with van der Waals surface area (Å²) in [5.41, 5.74) is 7.50. The van der Waals surface area contributed by atoms with Gasteiger partial charge in [0.15, 0.2) is 5.69 Å². The van der Waals surface area contributed by atoms with Gasteiger partial charge in [0, 0.05) is 11.9 Å². The number of nitriles is 1. The summed E-state index contributed by atoms with van der Waals surface area (Å²) in [6, 6.07) is 8.93. The smallest absolute Gasteiger partial charge is 0.357 e. The van der Waals surface area contributed by atoms with Crippen LogP contribution in [0.25, 0.3) is 5.69 Å². The van der Waals surface area contributed by atoms with Crippen molar-refractivity contribution in [2.45, 2.75) is 13.0 Å². The summed E-state index contributed by atoms with van der Waals surface area (Å²) >= 11 is 0. The van der Waals surface area contributed by atoms with E-state index < -0.39 is 12.1 Å². The minimum absolute atomic E-state index is 0.0757. The Hall–Kier alpha value is -2.78. The second kappa shape index (κ2) is 5.69. The van der Waals surface area contributed by atoms with Crippen molar-refractivity contribution in [1.82, 2.24) is 4.57 Å². The molecule has 0 saturated heterocycles. The standard InChI is InChI=1S/C15H15N3O3/c1-9(19)10-4-3-5-12(6-10)18-8-11(7-16)13(17)14(18)15(20)21-2/h3-6,8-9,19H,17H2,1-2H3. The van der Waals surface area contributed by atoms with Crippen LogP contribution >= 0.6 is 0 Å². The zero-order chi connectivity index (χ0) is 15.6. The molecular formula is C15H15N3O3. The van der Waals surface area contributed by atoms with E-state index in [1.165, 1.54) is 17.9 Å². The molecule has 0 saturated carbocycles. The average molecular weight is 285 g/mol. The highest BCUT2D eigenvalue weighted by Gasteiger charge is 2.21. The van der Waals surface area contributed by atoms with Gasteiger partial charge in [-0.15, -0.1) is 0 Å². The number of nitrogens with zero attached hydrogens (tertiary/aromatic N) is 2. The molecule has 0 aliphatic heterocycles. The molecule has 1 aromatic heterocycles. The zero-order valence-corrected chi connectivity index (χ0v) is 11.7. The summed E-state index contributed by atoms with van der Waals surface area (Å²) in [5, 5.41) is 18.7. The number of aliphatic hydroxyl groups is 1. The van der Waals surface area contributed by atoms with Crippen LogP contribution in [0.1, 0.15) is 34.6 Å². The molecule has 0 spiro atoms. The first-order chi connectivity index (χ1) is 9.99. The van der Waals surface area contributed by atoms with E-state index in [4.69, 9.17) is 15.7 Å². The first-order valence-corrected chi connectivity index (χ1v) is 6.27. The van der Waals surface area contributed by atoms with Crippen LogP contribution in [-0.4, -0.2) is 22.8 Å². The molecule has 0 amide bonds. The first-order valence-electron chi connectivity index (χ1n) is 6.27. The second-order valence-corrected chi connectivity index (χ2v) is 4.55. The summed E-state index contributed by atoms with van der Waals surface area (Å²) in [5.74, 6) is -0.628. The molecule has 2 rings (SSSR count). The molecule has 0 aliphatic carbocycles. The maximum absolute atomic E-state index is 11.9. The first kappa shape index (κ1) is 14.6. The third-order valence-corrected chi connectivity index (χ3v) is 3.17. The lowest BCUT2D eigenvalue weighted by Gasteiger charge is -2.11. The summed E-state index contributed by atoms with van der Waals surface area (Å²) in [7, 11) is 1.25. The quantitative estimate of drug-likeness (QED) is 0.837. The van der Waals surface area contributed by atoms with Crippen LogP contribution in [0.3, 0.4) is 0 Å². The summed E-state index contributed by atoms with van der Waals surface area (Å²) in [6.07, 6.45) is 0.831. The maximum atomic E-state index is 11.9. The van der Waals surface area contributed by atoms with Gasteiger partial charge >= 0.3 is 5.97 Å². The third-order valence-electron chi connectivity index (χ3n) is 3.17. The summed E-state index contributed by atoms with van der Waals surface area (Å²) < 4.78 is 6.21. The number of benzene rings is 1. The fourth-order valence-corrected chi connectivity index (χ4v) is 2.05. The van der Waals surface area contributed by atoms with Crippen LogP contribution in [0.5, 0.6) is 0 Å². The number of hydrogen-bond acceptors (Lipinski definition) is 5. The lowest BCUT2D eigenvalue weighted by atomic mass is 10.1. The van der Waals surface area contributed by atoms with Gasteiger partial charge in [-0.2, -0.15) is 5.26 Å². The Labute approximate surface area is 122 Å².